The molecule has 4 aromatic rings. The molecular formula is C20H18N6O3. The van der Waals surface area contributed by atoms with E-state index in [9.17, 15) is 9.59 Å². The SMILES string of the molecule is Cc1cccc2nc(COC(=O)[C@H](Cc3ccccc3)n3cnnn3)cc(=O)n12. The lowest BCUT2D eigenvalue weighted by molar-refractivity contribution is -0.149. The van der Waals surface area contributed by atoms with Gasteiger partial charge in [-0.2, -0.15) is 0 Å². The van der Waals surface area contributed by atoms with Crippen LogP contribution in [-0.4, -0.2) is 35.6 Å². The minimum absolute atomic E-state index is 0.119. The molecule has 9 nitrogen and oxygen atoms in total. The Morgan fingerprint density at radius 2 is 1.97 bits per heavy atom. The molecule has 0 unspecified atom stereocenters. The predicted octanol–water partition coefficient (Wildman–Crippen LogP) is 1.52. The Kier molecular flexibility index (Phi) is 5.10. The van der Waals surface area contributed by atoms with Crippen LogP contribution in [0.3, 0.4) is 0 Å². The van der Waals surface area contributed by atoms with E-state index in [1.165, 1.54) is 21.5 Å². The summed E-state index contributed by atoms with van der Waals surface area (Å²) >= 11 is 0. The van der Waals surface area contributed by atoms with Gasteiger partial charge in [-0.05, 0) is 35.0 Å². The van der Waals surface area contributed by atoms with Crippen LogP contribution >= 0.6 is 0 Å². The molecule has 0 saturated carbocycles. The Bertz CT molecular complexity index is 1190. The molecule has 0 bridgehead atoms. The van der Waals surface area contributed by atoms with Crippen molar-refractivity contribution in [1.29, 1.82) is 0 Å². The number of esters is 1. The van der Waals surface area contributed by atoms with Crippen molar-refractivity contribution in [3.63, 3.8) is 0 Å². The highest BCUT2D eigenvalue weighted by atomic mass is 16.5. The van der Waals surface area contributed by atoms with Gasteiger partial charge < -0.3 is 4.74 Å². The molecule has 4 rings (SSSR count). The van der Waals surface area contributed by atoms with Gasteiger partial charge in [-0.1, -0.05) is 36.4 Å². The smallest absolute Gasteiger partial charge is 0.331 e. The Hall–Kier alpha value is -3.88. The largest absolute Gasteiger partial charge is 0.458 e. The number of fused-ring (bicyclic) bond motifs is 1. The number of ether oxygens (including phenoxy) is 1. The van der Waals surface area contributed by atoms with Crippen LogP contribution in [0.4, 0.5) is 0 Å². The summed E-state index contributed by atoms with van der Waals surface area (Å²) in [4.78, 5) is 29.6. The van der Waals surface area contributed by atoms with Gasteiger partial charge in [0.05, 0.1) is 5.69 Å². The zero-order valence-corrected chi connectivity index (χ0v) is 15.7. The number of aromatic nitrogens is 6. The van der Waals surface area contributed by atoms with Gasteiger partial charge in [0.15, 0.2) is 6.04 Å². The van der Waals surface area contributed by atoms with Crippen molar-refractivity contribution in [2.75, 3.05) is 0 Å². The molecule has 0 aliphatic heterocycles. The van der Waals surface area contributed by atoms with E-state index in [0.29, 0.717) is 17.8 Å². The van der Waals surface area contributed by atoms with E-state index in [2.05, 4.69) is 20.5 Å². The summed E-state index contributed by atoms with van der Waals surface area (Å²) < 4.78 is 8.32. The average Bonchev–Trinajstić information content (AvgIpc) is 3.25. The van der Waals surface area contributed by atoms with Gasteiger partial charge in [0.2, 0.25) is 0 Å². The predicted molar refractivity (Wildman–Crippen MR) is 103 cm³/mol. The second-order valence-corrected chi connectivity index (χ2v) is 6.55. The quantitative estimate of drug-likeness (QED) is 0.460. The zero-order valence-electron chi connectivity index (χ0n) is 15.7. The van der Waals surface area contributed by atoms with Crippen LogP contribution < -0.4 is 5.56 Å². The monoisotopic (exact) mass is 390 g/mol. The molecule has 3 aromatic heterocycles. The van der Waals surface area contributed by atoms with Gasteiger partial charge in [0, 0.05) is 18.2 Å². The number of pyridine rings is 1. The standard InChI is InChI=1S/C20H18N6O3/c1-14-6-5-9-18-22-16(11-19(27)26(14)18)12-29-20(28)17(25-13-21-23-24-25)10-15-7-3-2-4-8-15/h2-9,11,13,17H,10,12H2,1H3/t17-/m0/s1. The van der Waals surface area contributed by atoms with Crippen LogP contribution in [0.1, 0.15) is 23.0 Å². The molecule has 146 valence electrons. The molecule has 29 heavy (non-hydrogen) atoms. The third-order valence-electron chi connectivity index (χ3n) is 4.52. The van der Waals surface area contributed by atoms with E-state index in [0.717, 1.165) is 11.3 Å². The van der Waals surface area contributed by atoms with Crippen molar-refractivity contribution in [2.45, 2.75) is 26.0 Å². The van der Waals surface area contributed by atoms with Crippen molar-refractivity contribution < 1.29 is 9.53 Å². The molecule has 0 aliphatic rings. The lowest BCUT2D eigenvalue weighted by Crippen LogP contribution is -2.25. The van der Waals surface area contributed by atoms with Crippen molar-refractivity contribution in [3.05, 3.63) is 88.2 Å². The van der Waals surface area contributed by atoms with Crippen LogP contribution in [0.2, 0.25) is 0 Å². The summed E-state index contributed by atoms with van der Waals surface area (Å²) in [5.41, 5.74) is 2.39. The van der Waals surface area contributed by atoms with Gasteiger partial charge in [-0.15, -0.1) is 5.10 Å². The fraction of sp³-hybridized carbons (Fsp3) is 0.200. The highest BCUT2D eigenvalue weighted by molar-refractivity contribution is 5.74. The number of tetrazole rings is 1. The number of hydrogen-bond acceptors (Lipinski definition) is 7. The Morgan fingerprint density at radius 3 is 2.72 bits per heavy atom. The molecule has 0 aliphatic carbocycles. The highest BCUT2D eigenvalue weighted by Gasteiger charge is 2.24. The van der Waals surface area contributed by atoms with Gasteiger partial charge >= 0.3 is 5.97 Å². The topological polar surface area (TPSA) is 104 Å². The van der Waals surface area contributed by atoms with Gasteiger partial charge in [-0.25, -0.2) is 14.5 Å². The van der Waals surface area contributed by atoms with E-state index in [1.807, 2.05) is 49.4 Å². The Balaban J connectivity index is 1.54. The summed E-state index contributed by atoms with van der Waals surface area (Å²) in [6.07, 6.45) is 1.75. The van der Waals surface area contributed by atoms with E-state index < -0.39 is 12.0 Å². The number of nitrogens with zero attached hydrogens (tertiary/aromatic N) is 6. The zero-order chi connectivity index (χ0) is 20.2. The van der Waals surface area contributed by atoms with Crippen molar-refractivity contribution in [2.24, 2.45) is 0 Å². The number of rotatable bonds is 6. The maximum absolute atomic E-state index is 12.8. The normalized spacial score (nSPS) is 12.0. The van der Waals surface area contributed by atoms with Crippen LogP contribution in [0.15, 0.2) is 65.7 Å². The number of carbonyl (C=O) groups excluding carboxylic acids is 1. The number of carbonyl (C=O) groups is 1. The second-order valence-electron chi connectivity index (χ2n) is 6.55. The molecule has 3 heterocycles. The summed E-state index contributed by atoms with van der Waals surface area (Å²) in [5.74, 6) is -0.507. The number of hydrogen-bond donors (Lipinski definition) is 0. The minimum atomic E-state index is -0.726. The van der Waals surface area contributed by atoms with Gasteiger partial charge in [-0.3, -0.25) is 9.20 Å². The molecule has 1 aromatic carbocycles. The molecule has 1 atom stereocenters. The fourth-order valence-corrected chi connectivity index (χ4v) is 3.11. The first-order valence-corrected chi connectivity index (χ1v) is 9.03. The van der Waals surface area contributed by atoms with Crippen LogP contribution in [-0.2, 0) is 22.6 Å². The lowest BCUT2D eigenvalue weighted by Gasteiger charge is -2.15. The van der Waals surface area contributed by atoms with Crippen LogP contribution in [0, 0.1) is 6.92 Å². The summed E-state index contributed by atoms with van der Waals surface area (Å²) in [6.45, 7) is 1.71. The molecule has 0 amide bonds. The molecule has 0 saturated heterocycles. The molecule has 0 N–H and O–H groups in total. The lowest BCUT2D eigenvalue weighted by atomic mass is 10.1. The second kappa shape index (κ2) is 8.01. The van der Waals surface area contributed by atoms with E-state index >= 15 is 0 Å². The summed E-state index contributed by atoms with van der Waals surface area (Å²) in [5, 5.41) is 11.1. The first-order chi connectivity index (χ1) is 14.1. The summed E-state index contributed by atoms with van der Waals surface area (Å²) in [6, 6.07) is 15.6. The van der Waals surface area contributed by atoms with Crippen LogP contribution in [0.25, 0.3) is 5.65 Å². The number of aryl methyl sites for hydroxylation is 1. The molecule has 0 fully saturated rings. The van der Waals surface area contributed by atoms with E-state index in [1.54, 1.807) is 6.07 Å². The third-order valence-corrected chi connectivity index (χ3v) is 4.52. The first kappa shape index (κ1) is 18.5. The van der Waals surface area contributed by atoms with E-state index in [-0.39, 0.29) is 12.2 Å². The van der Waals surface area contributed by atoms with Crippen LogP contribution in [0.5, 0.6) is 0 Å². The Morgan fingerprint density at radius 1 is 1.14 bits per heavy atom. The Labute approximate surface area is 165 Å². The average molecular weight is 390 g/mol. The third kappa shape index (κ3) is 4.03. The number of benzene rings is 1. The summed E-state index contributed by atoms with van der Waals surface area (Å²) in [7, 11) is 0. The fourth-order valence-electron chi connectivity index (χ4n) is 3.11. The molecular weight excluding hydrogens is 372 g/mol. The molecule has 0 radical (unpaired) electrons. The first-order valence-electron chi connectivity index (χ1n) is 9.03. The van der Waals surface area contributed by atoms with Crippen molar-refractivity contribution >= 4 is 11.6 Å². The maximum atomic E-state index is 12.8. The van der Waals surface area contributed by atoms with Gasteiger partial charge in [0.1, 0.15) is 18.6 Å². The van der Waals surface area contributed by atoms with Gasteiger partial charge in [0.25, 0.3) is 5.56 Å². The van der Waals surface area contributed by atoms with Crippen molar-refractivity contribution in [1.82, 2.24) is 29.6 Å². The molecule has 9 heteroatoms. The van der Waals surface area contributed by atoms with Crippen molar-refractivity contribution in [3.8, 4) is 0 Å². The highest BCUT2D eigenvalue weighted by Crippen LogP contribution is 2.15. The minimum Gasteiger partial charge on any atom is -0.458 e. The molecule has 0 spiro atoms. The van der Waals surface area contributed by atoms with E-state index in [4.69, 9.17) is 4.74 Å². The maximum Gasteiger partial charge on any atom is 0.331 e.